The minimum Gasteiger partial charge on any atom is -0.481 e. The number of ether oxygens (including phenoxy) is 2. The van der Waals surface area contributed by atoms with Gasteiger partial charge in [0.05, 0.1) is 25.0 Å². The lowest BCUT2D eigenvalue weighted by Gasteiger charge is -2.08. The van der Waals surface area contributed by atoms with Crippen LogP contribution in [0.5, 0.6) is 5.88 Å². The molecule has 0 bridgehead atoms. The van der Waals surface area contributed by atoms with E-state index in [9.17, 15) is 4.79 Å². The van der Waals surface area contributed by atoms with Gasteiger partial charge < -0.3 is 13.9 Å². The van der Waals surface area contributed by atoms with E-state index >= 15 is 0 Å². The molecule has 0 spiro atoms. The number of methoxy groups -OCH3 is 1. The van der Waals surface area contributed by atoms with Crippen molar-refractivity contribution in [3.63, 3.8) is 0 Å². The van der Waals surface area contributed by atoms with E-state index in [4.69, 9.17) is 9.47 Å². The number of fused-ring (bicyclic) bond motifs is 1. The highest BCUT2D eigenvalue weighted by molar-refractivity contribution is 5.99. The summed E-state index contributed by atoms with van der Waals surface area (Å²) in [5.74, 6) is 0.162. The van der Waals surface area contributed by atoms with Gasteiger partial charge in [0, 0.05) is 29.5 Å². The maximum Gasteiger partial charge on any atom is 0.340 e. The normalized spacial score (nSPS) is 10.6. The van der Waals surface area contributed by atoms with E-state index in [1.54, 1.807) is 26.3 Å². The topological polar surface area (TPSA) is 52.8 Å². The van der Waals surface area contributed by atoms with Crippen molar-refractivity contribution in [1.29, 1.82) is 0 Å². The number of rotatable bonds is 4. The van der Waals surface area contributed by atoms with Crippen molar-refractivity contribution in [3.8, 4) is 17.1 Å². The average molecular weight is 296 g/mol. The SMILES string of the molecule is CCOC(=O)c1cc2ccccn2c1-c1ccnc(OC)c1. The molecule has 0 aliphatic heterocycles. The van der Waals surface area contributed by atoms with Gasteiger partial charge in [0.1, 0.15) is 0 Å². The predicted molar refractivity (Wildman–Crippen MR) is 83.1 cm³/mol. The Labute approximate surface area is 128 Å². The van der Waals surface area contributed by atoms with Crippen molar-refractivity contribution in [1.82, 2.24) is 9.38 Å². The number of aromatic nitrogens is 2. The third kappa shape index (κ3) is 2.41. The molecular formula is C17H16N2O3. The molecule has 0 atom stereocenters. The first-order valence-corrected chi connectivity index (χ1v) is 7.02. The van der Waals surface area contributed by atoms with Crippen LogP contribution in [0.2, 0.25) is 0 Å². The van der Waals surface area contributed by atoms with Gasteiger partial charge in [-0.25, -0.2) is 9.78 Å². The molecule has 0 N–H and O–H groups in total. The zero-order valence-electron chi connectivity index (χ0n) is 12.4. The number of pyridine rings is 2. The van der Waals surface area contributed by atoms with Crippen LogP contribution >= 0.6 is 0 Å². The zero-order valence-corrected chi connectivity index (χ0v) is 12.4. The molecule has 0 aromatic carbocycles. The van der Waals surface area contributed by atoms with Crippen LogP contribution in [0, 0.1) is 0 Å². The van der Waals surface area contributed by atoms with Gasteiger partial charge in [0.15, 0.2) is 0 Å². The molecule has 112 valence electrons. The number of esters is 1. The second kappa shape index (κ2) is 5.89. The average Bonchev–Trinajstić information content (AvgIpc) is 2.94. The van der Waals surface area contributed by atoms with Crippen LogP contribution in [-0.4, -0.2) is 29.1 Å². The third-order valence-electron chi connectivity index (χ3n) is 3.39. The molecule has 3 heterocycles. The minimum absolute atomic E-state index is 0.336. The largest absolute Gasteiger partial charge is 0.481 e. The highest BCUT2D eigenvalue weighted by Gasteiger charge is 2.19. The molecule has 0 saturated heterocycles. The van der Waals surface area contributed by atoms with E-state index in [1.165, 1.54) is 0 Å². The molecule has 3 rings (SSSR count). The Morgan fingerprint density at radius 1 is 1.27 bits per heavy atom. The van der Waals surface area contributed by atoms with Crippen LogP contribution in [-0.2, 0) is 4.74 Å². The van der Waals surface area contributed by atoms with E-state index in [0.717, 1.165) is 16.8 Å². The molecule has 0 unspecified atom stereocenters. The summed E-state index contributed by atoms with van der Waals surface area (Å²) < 4.78 is 12.3. The number of carbonyl (C=O) groups is 1. The summed E-state index contributed by atoms with van der Waals surface area (Å²) in [5.41, 5.74) is 3.08. The Kier molecular flexibility index (Phi) is 3.78. The lowest BCUT2D eigenvalue weighted by molar-refractivity contribution is 0.0527. The first-order chi connectivity index (χ1) is 10.7. The number of carbonyl (C=O) groups excluding carboxylic acids is 1. The van der Waals surface area contributed by atoms with Crippen LogP contribution in [0.15, 0.2) is 48.8 Å². The highest BCUT2D eigenvalue weighted by atomic mass is 16.5. The fourth-order valence-corrected chi connectivity index (χ4v) is 2.45. The second-order valence-electron chi connectivity index (χ2n) is 4.71. The zero-order chi connectivity index (χ0) is 15.5. The minimum atomic E-state index is -0.336. The monoisotopic (exact) mass is 296 g/mol. The standard InChI is InChI=1S/C17H16N2O3/c1-3-22-17(20)14-11-13-6-4-5-9-19(13)16(14)12-7-8-18-15(10-12)21-2/h4-11H,3H2,1-2H3. The molecule has 0 aliphatic rings. The lowest BCUT2D eigenvalue weighted by atomic mass is 10.1. The van der Waals surface area contributed by atoms with Crippen molar-refractivity contribution < 1.29 is 14.3 Å². The third-order valence-corrected chi connectivity index (χ3v) is 3.39. The number of hydrogen-bond acceptors (Lipinski definition) is 4. The maximum atomic E-state index is 12.3. The van der Waals surface area contributed by atoms with Gasteiger partial charge in [0.2, 0.25) is 5.88 Å². The molecular weight excluding hydrogens is 280 g/mol. The Morgan fingerprint density at radius 3 is 2.91 bits per heavy atom. The second-order valence-corrected chi connectivity index (χ2v) is 4.71. The summed E-state index contributed by atoms with van der Waals surface area (Å²) >= 11 is 0. The van der Waals surface area contributed by atoms with E-state index in [1.807, 2.05) is 40.9 Å². The van der Waals surface area contributed by atoms with Gasteiger partial charge in [-0.05, 0) is 31.2 Å². The maximum absolute atomic E-state index is 12.3. The molecule has 0 aliphatic carbocycles. The van der Waals surface area contributed by atoms with Crippen LogP contribution in [0.25, 0.3) is 16.8 Å². The molecule has 22 heavy (non-hydrogen) atoms. The Morgan fingerprint density at radius 2 is 2.14 bits per heavy atom. The first kappa shape index (κ1) is 14.1. The van der Waals surface area contributed by atoms with Gasteiger partial charge in [-0.15, -0.1) is 0 Å². The van der Waals surface area contributed by atoms with Crippen molar-refractivity contribution in [2.45, 2.75) is 6.92 Å². The summed E-state index contributed by atoms with van der Waals surface area (Å²) in [4.78, 5) is 16.4. The summed E-state index contributed by atoms with van der Waals surface area (Å²) in [6.07, 6.45) is 3.58. The predicted octanol–water partition coefficient (Wildman–Crippen LogP) is 3.19. The fraction of sp³-hybridized carbons (Fsp3) is 0.176. The smallest absolute Gasteiger partial charge is 0.340 e. The van der Waals surface area contributed by atoms with Crippen LogP contribution < -0.4 is 4.74 Å². The molecule has 3 aromatic heterocycles. The molecule has 5 heteroatoms. The number of nitrogens with zero attached hydrogens (tertiary/aromatic N) is 2. The summed E-state index contributed by atoms with van der Waals surface area (Å²) in [7, 11) is 1.56. The Balaban J connectivity index is 2.25. The van der Waals surface area contributed by atoms with Crippen molar-refractivity contribution in [2.24, 2.45) is 0 Å². The van der Waals surface area contributed by atoms with Crippen molar-refractivity contribution in [2.75, 3.05) is 13.7 Å². The van der Waals surface area contributed by atoms with Gasteiger partial charge >= 0.3 is 5.97 Å². The van der Waals surface area contributed by atoms with Crippen molar-refractivity contribution in [3.05, 3.63) is 54.4 Å². The van der Waals surface area contributed by atoms with Crippen molar-refractivity contribution >= 4 is 11.5 Å². The van der Waals surface area contributed by atoms with E-state index < -0.39 is 0 Å². The summed E-state index contributed by atoms with van der Waals surface area (Å²) in [6, 6.07) is 11.3. The molecule has 3 aromatic rings. The number of hydrogen-bond donors (Lipinski definition) is 0. The molecule has 0 fully saturated rings. The van der Waals surface area contributed by atoms with Gasteiger partial charge in [-0.3, -0.25) is 0 Å². The fourth-order valence-electron chi connectivity index (χ4n) is 2.45. The quantitative estimate of drug-likeness (QED) is 0.694. The van der Waals surface area contributed by atoms with Gasteiger partial charge in [-0.2, -0.15) is 0 Å². The molecule has 0 radical (unpaired) electrons. The Hall–Kier alpha value is -2.82. The molecule has 0 amide bonds. The highest BCUT2D eigenvalue weighted by Crippen LogP contribution is 2.29. The van der Waals surface area contributed by atoms with Gasteiger partial charge in [-0.1, -0.05) is 6.07 Å². The Bertz CT molecular complexity index is 824. The summed E-state index contributed by atoms with van der Waals surface area (Å²) in [6.45, 7) is 2.13. The van der Waals surface area contributed by atoms with Crippen LogP contribution in [0.3, 0.4) is 0 Å². The molecule has 0 saturated carbocycles. The summed E-state index contributed by atoms with van der Waals surface area (Å²) in [5, 5.41) is 0. The lowest BCUT2D eigenvalue weighted by Crippen LogP contribution is -2.05. The van der Waals surface area contributed by atoms with E-state index in [2.05, 4.69) is 4.98 Å². The first-order valence-electron chi connectivity index (χ1n) is 7.02. The van der Waals surface area contributed by atoms with Crippen LogP contribution in [0.1, 0.15) is 17.3 Å². The van der Waals surface area contributed by atoms with E-state index in [-0.39, 0.29) is 5.97 Å². The van der Waals surface area contributed by atoms with Gasteiger partial charge in [0.25, 0.3) is 0 Å². The van der Waals surface area contributed by atoms with Crippen LogP contribution in [0.4, 0.5) is 0 Å². The van der Waals surface area contributed by atoms with E-state index in [0.29, 0.717) is 18.1 Å². The molecule has 5 nitrogen and oxygen atoms in total.